The Morgan fingerprint density at radius 2 is 1.79 bits per heavy atom. The molecule has 0 unspecified atom stereocenters. The zero-order valence-corrected chi connectivity index (χ0v) is 8.78. The molecule has 76 valence electrons. The molecule has 1 aromatic rings. The third-order valence-corrected chi connectivity index (χ3v) is 2.04. The molecule has 0 saturated heterocycles. The molecule has 0 heterocycles. The van der Waals surface area contributed by atoms with Crippen LogP contribution in [0.4, 0.5) is 0 Å². The molecule has 14 heavy (non-hydrogen) atoms. The van der Waals surface area contributed by atoms with Crippen LogP contribution in [0.3, 0.4) is 0 Å². The van der Waals surface area contributed by atoms with Crippen LogP contribution in [0, 0.1) is 6.92 Å². The Kier molecular flexibility index (Phi) is 2.91. The molecule has 0 aliphatic rings. The number of rotatable bonds is 2. The summed E-state index contributed by atoms with van der Waals surface area (Å²) < 4.78 is 0. The van der Waals surface area contributed by atoms with Crippen LogP contribution in [0.1, 0.15) is 25.0 Å². The third kappa shape index (κ3) is 2.33. The quantitative estimate of drug-likeness (QED) is 0.427. The highest BCUT2D eigenvalue weighted by atomic mass is 16.4. The van der Waals surface area contributed by atoms with Gasteiger partial charge in [0.2, 0.25) is 0 Å². The molecule has 0 fully saturated rings. The Morgan fingerprint density at radius 3 is 2.14 bits per heavy atom. The Bertz CT molecular complexity index is 333. The summed E-state index contributed by atoms with van der Waals surface area (Å²) in [6.45, 7) is 5.62. The molecular formula is C11H16N2O. The summed E-state index contributed by atoms with van der Waals surface area (Å²) >= 11 is 0. The van der Waals surface area contributed by atoms with Crippen molar-refractivity contribution in [1.29, 1.82) is 0 Å². The lowest BCUT2D eigenvalue weighted by Gasteiger charge is -2.20. The maximum Gasteiger partial charge on any atom is 0.106 e. The second-order valence-electron chi connectivity index (χ2n) is 4.04. The minimum Gasteiger partial charge on any atom is -0.411 e. The van der Waals surface area contributed by atoms with E-state index in [-0.39, 0.29) is 0 Å². The fourth-order valence-corrected chi connectivity index (χ4v) is 1.27. The van der Waals surface area contributed by atoms with Gasteiger partial charge in [0, 0.05) is 5.56 Å². The van der Waals surface area contributed by atoms with Crippen LogP contribution < -0.4 is 5.73 Å². The van der Waals surface area contributed by atoms with Gasteiger partial charge in [-0.2, -0.15) is 0 Å². The van der Waals surface area contributed by atoms with Gasteiger partial charge in [0.25, 0.3) is 0 Å². The molecule has 0 bridgehead atoms. The van der Waals surface area contributed by atoms with E-state index in [4.69, 9.17) is 10.9 Å². The van der Waals surface area contributed by atoms with E-state index < -0.39 is 5.54 Å². The zero-order valence-electron chi connectivity index (χ0n) is 8.78. The fourth-order valence-electron chi connectivity index (χ4n) is 1.27. The smallest absolute Gasteiger partial charge is 0.106 e. The summed E-state index contributed by atoms with van der Waals surface area (Å²) in [5, 5.41) is 12.1. The summed E-state index contributed by atoms with van der Waals surface area (Å²) in [6.07, 6.45) is 0. The number of aryl methyl sites for hydroxylation is 1. The summed E-state index contributed by atoms with van der Waals surface area (Å²) in [5.41, 5.74) is 7.75. The van der Waals surface area contributed by atoms with Crippen LogP contribution in [0.2, 0.25) is 0 Å². The Hall–Kier alpha value is -1.35. The van der Waals surface area contributed by atoms with Crippen molar-refractivity contribution in [3.8, 4) is 0 Å². The van der Waals surface area contributed by atoms with Crippen LogP contribution in [0.25, 0.3) is 0 Å². The summed E-state index contributed by atoms with van der Waals surface area (Å²) in [5.74, 6) is 0. The first-order valence-electron chi connectivity index (χ1n) is 4.53. The number of hydrogen-bond donors (Lipinski definition) is 2. The molecule has 3 heteroatoms. The predicted molar refractivity (Wildman–Crippen MR) is 57.8 cm³/mol. The third-order valence-electron chi connectivity index (χ3n) is 2.04. The van der Waals surface area contributed by atoms with Crippen molar-refractivity contribution < 1.29 is 5.21 Å². The molecule has 0 saturated carbocycles. The van der Waals surface area contributed by atoms with Crippen molar-refractivity contribution in [2.24, 2.45) is 10.9 Å². The SMILES string of the molecule is Cc1ccc(/C(=N/O)C(C)(C)N)cc1. The lowest BCUT2D eigenvalue weighted by atomic mass is 9.93. The largest absolute Gasteiger partial charge is 0.411 e. The van der Waals surface area contributed by atoms with Gasteiger partial charge >= 0.3 is 0 Å². The van der Waals surface area contributed by atoms with Gasteiger partial charge in [0.15, 0.2) is 0 Å². The molecule has 0 amide bonds. The van der Waals surface area contributed by atoms with Gasteiger partial charge in [0.05, 0.1) is 5.54 Å². The van der Waals surface area contributed by atoms with E-state index >= 15 is 0 Å². The number of hydrogen-bond acceptors (Lipinski definition) is 3. The lowest BCUT2D eigenvalue weighted by Crippen LogP contribution is -2.42. The molecule has 3 N–H and O–H groups in total. The highest BCUT2D eigenvalue weighted by molar-refractivity contribution is 6.06. The van der Waals surface area contributed by atoms with E-state index in [0.717, 1.165) is 5.56 Å². The van der Waals surface area contributed by atoms with Crippen molar-refractivity contribution >= 4 is 5.71 Å². The molecule has 3 nitrogen and oxygen atoms in total. The normalized spacial score (nSPS) is 13.0. The summed E-state index contributed by atoms with van der Waals surface area (Å²) in [6, 6.07) is 7.73. The van der Waals surface area contributed by atoms with Crippen LogP contribution in [0.5, 0.6) is 0 Å². The predicted octanol–water partition coefficient (Wildman–Crippen LogP) is 1.91. The first kappa shape index (κ1) is 10.7. The minimum absolute atomic E-state index is 0.498. The van der Waals surface area contributed by atoms with Gasteiger partial charge < -0.3 is 10.9 Å². The van der Waals surface area contributed by atoms with Gasteiger partial charge in [0.1, 0.15) is 5.71 Å². The highest BCUT2D eigenvalue weighted by Gasteiger charge is 2.21. The molecule has 0 radical (unpaired) electrons. The molecule has 0 spiro atoms. The average Bonchev–Trinajstić information content (AvgIpc) is 2.07. The second-order valence-corrected chi connectivity index (χ2v) is 4.04. The standard InChI is InChI=1S/C11H16N2O/c1-8-4-6-9(7-5-8)10(13-14)11(2,3)12/h4-7,14H,12H2,1-3H3/b13-10-. The Morgan fingerprint density at radius 1 is 1.29 bits per heavy atom. The van der Waals surface area contributed by atoms with Gasteiger partial charge in [-0.25, -0.2) is 0 Å². The number of nitrogens with zero attached hydrogens (tertiary/aromatic N) is 1. The molecule has 1 aromatic carbocycles. The highest BCUT2D eigenvalue weighted by Crippen LogP contribution is 2.12. The monoisotopic (exact) mass is 192 g/mol. The van der Waals surface area contributed by atoms with Crippen molar-refractivity contribution in [3.05, 3.63) is 35.4 Å². The van der Waals surface area contributed by atoms with Gasteiger partial charge in [-0.3, -0.25) is 0 Å². The van der Waals surface area contributed by atoms with E-state index in [1.54, 1.807) is 0 Å². The number of benzene rings is 1. The van der Waals surface area contributed by atoms with Crippen molar-refractivity contribution in [3.63, 3.8) is 0 Å². The van der Waals surface area contributed by atoms with E-state index in [1.807, 2.05) is 45.0 Å². The molecule has 1 rings (SSSR count). The first-order chi connectivity index (χ1) is 6.45. The van der Waals surface area contributed by atoms with Crippen LogP contribution >= 0.6 is 0 Å². The average molecular weight is 192 g/mol. The van der Waals surface area contributed by atoms with Gasteiger partial charge in [-0.1, -0.05) is 35.0 Å². The minimum atomic E-state index is -0.635. The van der Waals surface area contributed by atoms with E-state index in [1.165, 1.54) is 5.56 Å². The van der Waals surface area contributed by atoms with E-state index in [9.17, 15) is 0 Å². The van der Waals surface area contributed by atoms with Crippen LogP contribution in [-0.2, 0) is 0 Å². The fraction of sp³-hybridized carbons (Fsp3) is 0.364. The van der Waals surface area contributed by atoms with Crippen molar-refractivity contribution in [1.82, 2.24) is 0 Å². The van der Waals surface area contributed by atoms with Crippen LogP contribution in [0.15, 0.2) is 29.4 Å². The maximum atomic E-state index is 8.89. The Labute approximate surface area is 84.2 Å². The number of oxime groups is 1. The second kappa shape index (κ2) is 3.80. The lowest BCUT2D eigenvalue weighted by molar-refractivity contribution is 0.315. The number of nitrogens with two attached hydrogens (primary N) is 1. The first-order valence-corrected chi connectivity index (χ1v) is 4.53. The molecule has 0 aromatic heterocycles. The molecular weight excluding hydrogens is 176 g/mol. The molecule has 0 atom stereocenters. The van der Waals surface area contributed by atoms with Crippen molar-refractivity contribution in [2.45, 2.75) is 26.3 Å². The summed E-state index contributed by atoms with van der Waals surface area (Å²) in [7, 11) is 0. The van der Waals surface area contributed by atoms with Crippen LogP contribution in [-0.4, -0.2) is 16.5 Å². The van der Waals surface area contributed by atoms with Gasteiger partial charge in [-0.15, -0.1) is 0 Å². The molecule has 0 aliphatic heterocycles. The van der Waals surface area contributed by atoms with Gasteiger partial charge in [-0.05, 0) is 20.8 Å². The molecule has 0 aliphatic carbocycles. The van der Waals surface area contributed by atoms with E-state index in [2.05, 4.69) is 5.16 Å². The Balaban J connectivity index is 3.10. The van der Waals surface area contributed by atoms with E-state index in [0.29, 0.717) is 5.71 Å². The summed E-state index contributed by atoms with van der Waals surface area (Å²) in [4.78, 5) is 0. The maximum absolute atomic E-state index is 8.89. The van der Waals surface area contributed by atoms with Crippen molar-refractivity contribution in [2.75, 3.05) is 0 Å². The zero-order chi connectivity index (χ0) is 10.8. The topological polar surface area (TPSA) is 58.6 Å².